The highest BCUT2D eigenvalue weighted by molar-refractivity contribution is 4.97. The summed E-state index contributed by atoms with van der Waals surface area (Å²) in [4.78, 5) is 4.20. The van der Waals surface area contributed by atoms with Gasteiger partial charge in [-0.25, -0.2) is 4.98 Å². The van der Waals surface area contributed by atoms with Crippen LogP contribution in [0.4, 0.5) is 0 Å². The minimum atomic E-state index is 0.597. The molecular formula is C14H27N3O. The SMILES string of the molecule is CC(C)CNCc1cncn1CCOCC(C)C. The van der Waals surface area contributed by atoms with Crippen molar-refractivity contribution in [2.24, 2.45) is 11.8 Å². The maximum absolute atomic E-state index is 5.60. The molecule has 0 amide bonds. The standard InChI is InChI=1S/C14H27N3O/c1-12(2)7-15-8-14-9-16-11-17(14)5-6-18-10-13(3)4/h9,11-13,15H,5-8,10H2,1-4H3. The van der Waals surface area contributed by atoms with Crippen LogP contribution in [0.15, 0.2) is 12.5 Å². The van der Waals surface area contributed by atoms with E-state index in [1.807, 2.05) is 12.5 Å². The van der Waals surface area contributed by atoms with E-state index in [9.17, 15) is 0 Å². The Morgan fingerprint density at radius 2 is 2.06 bits per heavy atom. The molecule has 0 fully saturated rings. The Morgan fingerprint density at radius 1 is 1.28 bits per heavy atom. The van der Waals surface area contributed by atoms with Crippen molar-refractivity contribution in [1.29, 1.82) is 0 Å². The minimum absolute atomic E-state index is 0.597. The predicted octanol–water partition coefficient (Wildman–Crippen LogP) is 2.30. The van der Waals surface area contributed by atoms with E-state index < -0.39 is 0 Å². The van der Waals surface area contributed by atoms with Crippen LogP contribution < -0.4 is 5.32 Å². The monoisotopic (exact) mass is 253 g/mol. The first kappa shape index (κ1) is 15.2. The van der Waals surface area contributed by atoms with E-state index in [4.69, 9.17) is 4.74 Å². The lowest BCUT2D eigenvalue weighted by molar-refractivity contribution is 0.102. The van der Waals surface area contributed by atoms with E-state index >= 15 is 0 Å². The molecule has 0 aromatic carbocycles. The second-order valence-corrected chi connectivity index (χ2v) is 5.57. The van der Waals surface area contributed by atoms with E-state index in [1.54, 1.807) is 0 Å². The fourth-order valence-corrected chi connectivity index (χ4v) is 1.67. The van der Waals surface area contributed by atoms with Gasteiger partial charge in [0.05, 0.1) is 18.6 Å². The summed E-state index contributed by atoms with van der Waals surface area (Å²) in [5, 5.41) is 3.43. The van der Waals surface area contributed by atoms with Gasteiger partial charge in [-0.1, -0.05) is 27.7 Å². The third-order valence-electron chi connectivity index (χ3n) is 2.58. The van der Waals surface area contributed by atoms with Crippen molar-refractivity contribution in [2.45, 2.75) is 40.8 Å². The smallest absolute Gasteiger partial charge is 0.0949 e. The summed E-state index contributed by atoms with van der Waals surface area (Å²) in [6.45, 7) is 13.1. The molecule has 0 aliphatic rings. The lowest BCUT2D eigenvalue weighted by Crippen LogP contribution is -2.21. The summed E-state index contributed by atoms with van der Waals surface area (Å²) in [6, 6.07) is 0. The Kier molecular flexibility index (Phi) is 6.98. The first-order chi connectivity index (χ1) is 8.59. The molecule has 1 rings (SSSR count). The van der Waals surface area contributed by atoms with Crippen LogP contribution in [0.3, 0.4) is 0 Å². The second-order valence-electron chi connectivity index (χ2n) is 5.57. The van der Waals surface area contributed by atoms with Crippen LogP contribution >= 0.6 is 0 Å². The summed E-state index contributed by atoms with van der Waals surface area (Å²) >= 11 is 0. The van der Waals surface area contributed by atoms with Crippen LogP contribution in [0.25, 0.3) is 0 Å². The molecule has 4 nitrogen and oxygen atoms in total. The molecule has 0 atom stereocenters. The Morgan fingerprint density at radius 3 is 2.72 bits per heavy atom. The molecule has 0 aliphatic heterocycles. The normalized spacial score (nSPS) is 11.7. The van der Waals surface area contributed by atoms with Crippen molar-refractivity contribution in [2.75, 3.05) is 19.8 Å². The summed E-state index contributed by atoms with van der Waals surface area (Å²) in [7, 11) is 0. The fourth-order valence-electron chi connectivity index (χ4n) is 1.67. The van der Waals surface area contributed by atoms with Crippen molar-refractivity contribution in [3.05, 3.63) is 18.2 Å². The van der Waals surface area contributed by atoms with Gasteiger partial charge in [0.1, 0.15) is 0 Å². The lowest BCUT2D eigenvalue weighted by Gasteiger charge is -2.11. The zero-order chi connectivity index (χ0) is 13.4. The van der Waals surface area contributed by atoms with Gasteiger partial charge in [0.2, 0.25) is 0 Å². The van der Waals surface area contributed by atoms with E-state index in [-0.39, 0.29) is 0 Å². The zero-order valence-corrected chi connectivity index (χ0v) is 12.1. The number of imidazole rings is 1. The highest BCUT2D eigenvalue weighted by atomic mass is 16.5. The van der Waals surface area contributed by atoms with Crippen LogP contribution in [0, 0.1) is 11.8 Å². The average molecular weight is 253 g/mol. The molecule has 0 radical (unpaired) electrons. The predicted molar refractivity (Wildman–Crippen MR) is 74.4 cm³/mol. The van der Waals surface area contributed by atoms with Crippen LogP contribution in [0.1, 0.15) is 33.4 Å². The van der Waals surface area contributed by atoms with Crippen LogP contribution in [-0.2, 0) is 17.8 Å². The second kappa shape index (κ2) is 8.27. The van der Waals surface area contributed by atoms with Gasteiger partial charge in [-0.15, -0.1) is 0 Å². The number of nitrogens with one attached hydrogen (secondary N) is 1. The number of nitrogens with zero attached hydrogens (tertiary/aromatic N) is 2. The van der Waals surface area contributed by atoms with Crippen LogP contribution in [-0.4, -0.2) is 29.3 Å². The number of hydrogen-bond donors (Lipinski definition) is 1. The Hall–Kier alpha value is -0.870. The van der Waals surface area contributed by atoms with Gasteiger partial charge in [-0.3, -0.25) is 0 Å². The minimum Gasteiger partial charge on any atom is -0.379 e. The van der Waals surface area contributed by atoms with Gasteiger partial charge in [-0.2, -0.15) is 0 Å². The Labute approximate surface area is 111 Å². The molecule has 18 heavy (non-hydrogen) atoms. The molecule has 0 spiro atoms. The van der Waals surface area contributed by atoms with Gasteiger partial charge >= 0.3 is 0 Å². The third-order valence-corrected chi connectivity index (χ3v) is 2.58. The highest BCUT2D eigenvalue weighted by Gasteiger charge is 2.02. The first-order valence-corrected chi connectivity index (χ1v) is 6.87. The largest absolute Gasteiger partial charge is 0.379 e. The molecule has 1 N–H and O–H groups in total. The van der Waals surface area contributed by atoms with Crippen LogP contribution in [0.5, 0.6) is 0 Å². The molecule has 1 heterocycles. The summed E-state index contributed by atoms with van der Waals surface area (Å²) < 4.78 is 7.76. The molecule has 0 aliphatic carbocycles. The molecule has 1 aromatic heterocycles. The highest BCUT2D eigenvalue weighted by Crippen LogP contribution is 2.00. The van der Waals surface area contributed by atoms with Crippen molar-refractivity contribution >= 4 is 0 Å². The maximum atomic E-state index is 5.60. The van der Waals surface area contributed by atoms with Crippen molar-refractivity contribution in [1.82, 2.24) is 14.9 Å². The molecule has 0 saturated carbocycles. The van der Waals surface area contributed by atoms with E-state index in [0.29, 0.717) is 11.8 Å². The number of ether oxygens (including phenoxy) is 1. The summed E-state index contributed by atoms with van der Waals surface area (Å²) in [5.41, 5.74) is 1.23. The first-order valence-electron chi connectivity index (χ1n) is 6.87. The average Bonchev–Trinajstić information content (AvgIpc) is 2.71. The molecule has 104 valence electrons. The van der Waals surface area contributed by atoms with E-state index in [2.05, 4.69) is 42.6 Å². The molecule has 1 aromatic rings. The number of hydrogen-bond acceptors (Lipinski definition) is 3. The number of aromatic nitrogens is 2. The van der Waals surface area contributed by atoms with Gasteiger partial charge in [-0.05, 0) is 18.4 Å². The van der Waals surface area contributed by atoms with E-state index in [0.717, 1.165) is 32.8 Å². The maximum Gasteiger partial charge on any atom is 0.0949 e. The molecule has 0 unspecified atom stereocenters. The van der Waals surface area contributed by atoms with Gasteiger partial charge in [0.15, 0.2) is 0 Å². The van der Waals surface area contributed by atoms with E-state index in [1.165, 1.54) is 5.69 Å². The topological polar surface area (TPSA) is 39.1 Å². The molecule has 0 saturated heterocycles. The Bertz CT molecular complexity index is 321. The summed E-state index contributed by atoms with van der Waals surface area (Å²) in [5.74, 6) is 1.27. The molecular weight excluding hydrogens is 226 g/mol. The molecule has 4 heteroatoms. The van der Waals surface area contributed by atoms with Gasteiger partial charge < -0.3 is 14.6 Å². The number of rotatable bonds is 9. The van der Waals surface area contributed by atoms with Crippen molar-refractivity contribution in [3.8, 4) is 0 Å². The zero-order valence-electron chi connectivity index (χ0n) is 12.1. The Balaban J connectivity index is 2.26. The van der Waals surface area contributed by atoms with Crippen molar-refractivity contribution in [3.63, 3.8) is 0 Å². The van der Waals surface area contributed by atoms with Gasteiger partial charge in [0, 0.05) is 25.9 Å². The van der Waals surface area contributed by atoms with Gasteiger partial charge in [0.25, 0.3) is 0 Å². The quantitative estimate of drug-likeness (QED) is 0.686. The lowest BCUT2D eigenvalue weighted by atomic mass is 10.2. The molecule has 0 bridgehead atoms. The summed E-state index contributed by atoms with van der Waals surface area (Å²) in [6.07, 6.45) is 3.81. The third kappa shape index (κ3) is 6.17. The van der Waals surface area contributed by atoms with Crippen LogP contribution in [0.2, 0.25) is 0 Å². The fraction of sp³-hybridized carbons (Fsp3) is 0.786. The van der Waals surface area contributed by atoms with Crippen molar-refractivity contribution < 1.29 is 4.74 Å².